The van der Waals surface area contributed by atoms with Crippen LogP contribution in [0.4, 0.5) is 11.4 Å². The average molecular weight is 324 g/mol. The Morgan fingerprint density at radius 2 is 1.83 bits per heavy atom. The summed E-state index contributed by atoms with van der Waals surface area (Å²) in [4.78, 5) is 14.3. The fourth-order valence-electron chi connectivity index (χ4n) is 3.09. The first-order chi connectivity index (χ1) is 11.5. The molecule has 24 heavy (non-hydrogen) atoms. The minimum atomic E-state index is -0.182. The predicted octanol–water partition coefficient (Wildman–Crippen LogP) is 3.48. The Morgan fingerprint density at radius 1 is 1.12 bits per heavy atom. The molecular weight excluding hydrogens is 300 g/mol. The fourth-order valence-corrected chi connectivity index (χ4v) is 3.09. The summed E-state index contributed by atoms with van der Waals surface area (Å²) >= 11 is 0. The van der Waals surface area contributed by atoms with Crippen molar-refractivity contribution in [2.45, 2.75) is 25.8 Å². The molecule has 4 nitrogen and oxygen atoms in total. The molecule has 126 valence electrons. The fraction of sp³-hybridized carbons (Fsp3) is 0.350. The van der Waals surface area contributed by atoms with Gasteiger partial charge < -0.3 is 15.0 Å². The normalized spacial score (nSPS) is 15.3. The van der Waals surface area contributed by atoms with Crippen LogP contribution in [0.3, 0.4) is 0 Å². The SMILES string of the molecule is CC1(C)CN(CC(=O)OCCc2ccccc2)c2ccccc2N1. The van der Waals surface area contributed by atoms with Crippen molar-refractivity contribution in [2.75, 3.05) is 29.9 Å². The van der Waals surface area contributed by atoms with Gasteiger partial charge in [-0.05, 0) is 31.5 Å². The number of carbonyl (C=O) groups is 1. The van der Waals surface area contributed by atoms with E-state index in [1.807, 2.05) is 54.6 Å². The highest BCUT2D eigenvalue weighted by atomic mass is 16.5. The van der Waals surface area contributed by atoms with Crippen LogP contribution in [0.5, 0.6) is 0 Å². The third kappa shape index (κ3) is 4.07. The van der Waals surface area contributed by atoms with Crippen LogP contribution in [0.25, 0.3) is 0 Å². The van der Waals surface area contributed by atoms with Gasteiger partial charge in [-0.25, -0.2) is 0 Å². The Bertz CT molecular complexity index is 698. The molecule has 3 rings (SSSR count). The van der Waals surface area contributed by atoms with Crippen LogP contribution in [-0.4, -0.2) is 31.2 Å². The highest BCUT2D eigenvalue weighted by Crippen LogP contribution is 2.33. The third-order valence-corrected chi connectivity index (χ3v) is 4.12. The summed E-state index contributed by atoms with van der Waals surface area (Å²) in [5.74, 6) is -0.182. The summed E-state index contributed by atoms with van der Waals surface area (Å²) in [5, 5.41) is 3.51. The Morgan fingerprint density at radius 3 is 2.62 bits per heavy atom. The maximum absolute atomic E-state index is 12.2. The molecule has 0 atom stereocenters. The standard InChI is InChI=1S/C20H24N2O2/c1-20(2)15-22(18-11-7-6-10-17(18)21-20)14-19(23)24-13-12-16-8-4-3-5-9-16/h3-11,21H,12-15H2,1-2H3. The molecule has 1 heterocycles. The highest BCUT2D eigenvalue weighted by Gasteiger charge is 2.30. The molecule has 1 aliphatic rings. The number of nitrogens with zero attached hydrogens (tertiary/aromatic N) is 1. The van der Waals surface area contributed by atoms with Crippen LogP contribution in [0.2, 0.25) is 0 Å². The Labute approximate surface area is 143 Å². The molecule has 1 aliphatic heterocycles. The van der Waals surface area contributed by atoms with Gasteiger partial charge in [0.15, 0.2) is 0 Å². The van der Waals surface area contributed by atoms with E-state index in [9.17, 15) is 4.79 Å². The van der Waals surface area contributed by atoms with Gasteiger partial charge in [0.25, 0.3) is 0 Å². The van der Waals surface area contributed by atoms with E-state index in [2.05, 4.69) is 24.1 Å². The maximum atomic E-state index is 12.2. The van der Waals surface area contributed by atoms with Crippen molar-refractivity contribution < 1.29 is 9.53 Å². The van der Waals surface area contributed by atoms with E-state index >= 15 is 0 Å². The maximum Gasteiger partial charge on any atom is 0.325 e. The number of anilines is 2. The number of nitrogens with one attached hydrogen (secondary N) is 1. The summed E-state index contributed by atoms with van der Waals surface area (Å²) in [7, 11) is 0. The van der Waals surface area contributed by atoms with Gasteiger partial charge in [-0.1, -0.05) is 42.5 Å². The lowest BCUT2D eigenvalue weighted by Gasteiger charge is -2.41. The van der Waals surface area contributed by atoms with E-state index < -0.39 is 0 Å². The number of hydrogen-bond acceptors (Lipinski definition) is 4. The highest BCUT2D eigenvalue weighted by molar-refractivity contribution is 5.81. The first kappa shape index (κ1) is 16.4. The number of carbonyl (C=O) groups excluding carboxylic acids is 1. The van der Waals surface area contributed by atoms with Gasteiger partial charge in [-0.3, -0.25) is 4.79 Å². The summed E-state index contributed by atoms with van der Waals surface area (Å²) in [6, 6.07) is 18.1. The van der Waals surface area contributed by atoms with E-state index in [-0.39, 0.29) is 18.1 Å². The molecule has 0 bridgehead atoms. The molecule has 0 radical (unpaired) electrons. The van der Waals surface area contributed by atoms with E-state index in [0.29, 0.717) is 6.61 Å². The van der Waals surface area contributed by atoms with Gasteiger partial charge in [-0.15, -0.1) is 0 Å². The summed E-state index contributed by atoms with van der Waals surface area (Å²) in [6.45, 7) is 5.72. The van der Waals surface area contributed by atoms with Crippen molar-refractivity contribution in [3.8, 4) is 0 Å². The lowest BCUT2D eigenvalue weighted by atomic mass is 9.99. The van der Waals surface area contributed by atoms with E-state index in [4.69, 9.17) is 4.74 Å². The van der Waals surface area contributed by atoms with Gasteiger partial charge in [-0.2, -0.15) is 0 Å². The summed E-state index contributed by atoms with van der Waals surface area (Å²) in [5.41, 5.74) is 3.21. The number of para-hydroxylation sites is 2. The molecule has 0 aliphatic carbocycles. The second-order valence-corrected chi connectivity index (χ2v) is 6.84. The second-order valence-electron chi connectivity index (χ2n) is 6.84. The third-order valence-electron chi connectivity index (χ3n) is 4.12. The van der Waals surface area contributed by atoms with Crippen molar-refractivity contribution in [3.63, 3.8) is 0 Å². The van der Waals surface area contributed by atoms with Crippen LogP contribution in [0.15, 0.2) is 54.6 Å². The predicted molar refractivity (Wildman–Crippen MR) is 97.5 cm³/mol. The van der Waals surface area contributed by atoms with E-state index in [1.165, 1.54) is 5.56 Å². The van der Waals surface area contributed by atoms with Gasteiger partial charge in [0.1, 0.15) is 6.54 Å². The Kier molecular flexibility index (Phi) is 4.74. The van der Waals surface area contributed by atoms with E-state index in [1.54, 1.807) is 0 Å². The van der Waals surface area contributed by atoms with Gasteiger partial charge in [0.2, 0.25) is 0 Å². The largest absolute Gasteiger partial charge is 0.464 e. The minimum absolute atomic E-state index is 0.0847. The average Bonchev–Trinajstić information content (AvgIpc) is 2.55. The van der Waals surface area contributed by atoms with Crippen LogP contribution >= 0.6 is 0 Å². The molecule has 2 aromatic rings. The smallest absolute Gasteiger partial charge is 0.325 e. The Hall–Kier alpha value is -2.49. The molecule has 0 spiro atoms. The molecule has 4 heteroatoms. The first-order valence-corrected chi connectivity index (χ1v) is 8.35. The van der Waals surface area contributed by atoms with Gasteiger partial charge >= 0.3 is 5.97 Å². The summed E-state index contributed by atoms with van der Waals surface area (Å²) in [6.07, 6.45) is 0.746. The molecule has 0 saturated carbocycles. The van der Waals surface area contributed by atoms with Crippen LogP contribution in [0, 0.1) is 0 Å². The molecule has 0 saturated heterocycles. The quantitative estimate of drug-likeness (QED) is 0.855. The van der Waals surface area contributed by atoms with E-state index in [0.717, 1.165) is 24.3 Å². The van der Waals surface area contributed by atoms with Crippen LogP contribution in [0.1, 0.15) is 19.4 Å². The van der Waals surface area contributed by atoms with Crippen molar-refractivity contribution in [3.05, 3.63) is 60.2 Å². The zero-order chi connectivity index (χ0) is 17.0. The topological polar surface area (TPSA) is 41.6 Å². The molecule has 1 N–H and O–H groups in total. The zero-order valence-corrected chi connectivity index (χ0v) is 14.3. The number of fused-ring (bicyclic) bond motifs is 1. The number of hydrogen-bond donors (Lipinski definition) is 1. The molecule has 2 aromatic carbocycles. The first-order valence-electron chi connectivity index (χ1n) is 8.35. The van der Waals surface area contributed by atoms with Gasteiger partial charge in [0.05, 0.1) is 18.0 Å². The second kappa shape index (κ2) is 6.95. The van der Waals surface area contributed by atoms with Crippen molar-refractivity contribution in [1.82, 2.24) is 0 Å². The lowest BCUT2D eigenvalue weighted by molar-refractivity contribution is -0.141. The van der Waals surface area contributed by atoms with Crippen LogP contribution < -0.4 is 10.2 Å². The molecule has 0 aromatic heterocycles. The molecule has 0 fully saturated rings. The lowest BCUT2D eigenvalue weighted by Crippen LogP contribution is -2.50. The number of esters is 1. The van der Waals surface area contributed by atoms with Crippen molar-refractivity contribution in [2.24, 2.45) is 0 Å². The molecule has 0 unspecified atom stereocenters. The summed E-state index contributed by atoms with van der Waals surface area (Å²) < 4.78 is 5.43. The monoisotopic (exact) mass is 324 g/mol. The minimum Gasteiger partial charge on any atom is -0.464 e. The van der Waals surface area contributed by atoms with Crippen LogP contribution in [-0.2, 0) is 16.0 Å². The number of benzene rings is 2. The number of rotatable bonds is 5. The number of ether oxygens (including phenoxy) is 1. The molecule has 0 amide bonds. The molecular formula is C20H24N2O2. The Balaban J connectivity index is 1.58. The zero-order valence-electron chi connectivity index (χ0n) is 14.3. The van der Waals surface area contributed by atoms with Crippen molar-refractivity contribution in [1.29, 1.82) is 0 Å². The van der Waals surface area contributed by atoms with Gasteiger partial charge in [0, 0.05) is 18.5 Å². The van der Waals surface area contributed by atoms with Crippen molar-refractivity contribution >= 4 is 17.3 Å².